The summed E-state index contributed by atoms with van der Waals surface area (Å²) in [6.45, 7) is 6.18. The maximum Gasteiger partial charge on any atom is 0.220 e. The number of amides is 1. The van der Waals surface area contributed by atoms with Gasteiger partial charge in [-0.05, 0) is 24.5 Å². The van der Waals surface area contributed by atoms with Gasteiger partial charge in [0.25, 0.3) is 0 Å². The van der Waals surface area contributed by atoms with Gasteiger partial charge in [-0.3, -0.25) is 4.79 Å². The lowest BCUT2D eigenvalue weighted by Gasteiger charge is -2.20. The van der Waals surface area contributed by atoms with Crippen molar-refractivity contribution in [3.63, 3.8) is 0 Å². The lowest BCUT2D eigenvalue weighted by Crippen LogP contribution is -2.32. The van der Waals surface area contributed by atoms with Gasteiger partial charge < -0.3 is 10.3 Å². The molecule has 1 heterocycles. The van der Waals surface area contributed by atoms with E-state index in [1.54, 1.807) is 0 Å². The number of nitrogens with zero attached hydrogens (tertiary/aromatic N) is 1. The maximum atomic E-state index is 11.8. The first kappa shape index (κ1) is 13.6. The van der Waals surface area contributed by atoms with Crippen LogP contribution in [0.4, 0.5) is 0 Å². The van der Waals surface area contributed by atoms with E-state index < -0.39 is 0 Å². The van der Waals surface area contributed by atoms with Crippen molar-refractivity contribution in [2.45, 2.75) is 39.7 Å². The Morgan fingerprint density at radius 3 is 2.74 bits per heavy atom. The van der Waals surface area contributed by atoms with Crippen LogP contribution in [0.2, 0.25) is 0 Å². The predicted octanol–water partition coefficient (Wildman–Crippen LogP) is 3.18. The van der Waals surface area contributed by atoms with Gasteiger partial charge in [0.05, 0.1) is 17.1 Å². The Balaban J connectivity index is 2.25. The molecule has 0 saturated carbocycles. The third kappa shape index (κ3) is 3.13. The summed E-state index contributed by atoms with van der Waals surface area (Å²) in [6, 6.07) is 7.85. The Hall–Kier alpha value is -1.84. The second-order valence-corrected chi connectivity index (χ2v) is 5.18. The molecule has 0 bridgehead atoms. The number of hydrogen-bond acceptors (Lipinski definition) is 2. The Kier molecular flexibility index (Phi) is 4.20. The molecule has 2 aromatic rings. The third-order valence-electron chi connectivity index (χ3n) is 3.16. The zero-order chi connectivity index (χ0) is 13.8. The van der Waals surface area contributed by atoms with Crippen molar-refractivity contribution < 1.29 is 4.79 Å². The molecule has 0 fully saturated rings. The average molecular weight is 259 g/mol. The normalized spacial score (nSPS) is 12.8. The monoisotopic (exact) mass is 259 g/mol. The van der Waals surface area contributed by atoms with E-state index >= 15 is 0 Å². The van der Waals surface area contributed by atoms with E-state index in [1.807, 2.05) is 31.2 Å². The Morgan fingerprint density at radius 2 is 2.11 bits per heavy atom. The van der Waals surface area contributed by atoms with Gasteiger partial charge >= 0.3 is 0 Å². The van der Waals surface area contributed by atoms with Crippen LogP contribution >= 0.6 is 0 Å². The Labute approximate surface area is 113 Å². The van der Waals surface area contributed by atoms with E-state index in [0.717, 1.165) is 23.3 Å². The number of carbonyl (C=O) groups excluding carboxylic acids is 1. The van der Waals surface area contributed by atoms with Gasteiger partial charge in [-0.1, -0.05) is 32.9 Å². The summed E-state index contributed by atoms with van der Waals surface area (Å²) >= 11 is 0. The molecule has 19 heavy (non-hydrogen) atoms. The number of fused-ring (bicyclic) bond motifs is 1. The van der Waals surface area contributed by atoms with Gasteiger partial charge in [0.2, 0.25) is 5.91 Å². The SMILES string of the molecule is CCCC(=O)NC(c1nc2ccccc2[nH]1)C(C)C. The fourth-order valence-corrected chi connectivity index (χ4v) is 2.14. The number of imidazole rings is 1. The zero-order valence-electron chi connectivity index (χ0n) is 11.7. The number of para-hydroxylation sites is 2. The van der Waals surface area contributed by atoms with Crippen LogP contribution in [0.15, 0.2) is 24.3 Å². The van der Waals surface area contributed by atoms with Crippen molar-refractivity contribution in [3.8, 4) is 0 Å². The molecule has 102 valence electrons. The maximum absolute atomic E-state index is 11.8. The number of aromatic amines is 1. The number of nitrogens with one attached hydrogen (secondary N) is 2. The highest BCUT2D eigenvalue weighted by Gasteiger charge is 2.21. The van der Waals surface area contributed by atoms with Crippen LogP contribution < -0.4 is 5.32 Å². The summed E-state index contributed by atoms with van der Waals surface area (Å²) < 4.78 is 0. The highest BCUT2D eigenvalue weighted by atomic mass is 16.1. The van der Waals surface area contributed by atoms with Crippen molar-refractivity contribution in [1.82, 2.24) is 15.3 Å². The minimum Gasteiger partial charge on any atom is -0.346 e. The van der Waals surface area contributed by atoms with Crippen molar-refractivity contribution in [2.24, 2.45) is 5.92 Å². The molecule has 0 spiro atoms. The van der Waals surface area contributed by atoms with Gasteiger partial charge in [-0.2, -0.15) is 0 Å². The number of rotatable bonds is 5. The van der Waals surface area contributed by atoms with Gasteiger partial charge in [0.1, 0.15) is 5.82 Å². The molecule has 0 aliphatic carbocycles. The minimum atomic E-state index is -0.0635. The second-order valence-electron chi connectivity index (χ2n) is 5.18. The molecule has 4 heteroatoms. The van der Waals surface area contributed by atoms with E-state index in [0.29, 0.717) is 12.3 Å². The van der Waals surface area contributed by atoms with Gasteiger partial charge in [-0.15, -0.1) is 0 Å². The molecule has 0 saturated heterocycles. The van der Waals surface area contributed by atoms with Gasteiger partial charge in [0.15, 0.2) is 0 Å². The Bertz CT molecular complexity index is 526. The fraction of sp³-hybridized carbons (Fsp3) is 0.467. The van der Waals surface area contributed by atoms with Crippen LogP contribution in [0.1, 0.15) is 45.5 Å². The summed E-state index contributed by atoms with van der Waals surface area (Å²) in [5, 5.41) is 3.06. The van der Waals surface area contributed by atoms with E-state index in [4.69, 9.17) is 0 Å². The van der Waals surface area contributed by atoms with Gasteiger partial charge in [0, 0.05) is 6.42 Å². The van der Waals surface area contributed by atoms with Crippen LogP contribution in [-0.2, 0) is 4.79 Å². The molecular weight excluding hydrogens is 238 g/mol. The quantitative estimate of drug-likeness (QED) is 0.866. The molecular formula is C15H21N3O. The fourth-order valence-electron chi connectivity index (χ4n) is 2.14. The smallest absolute Gasteiger partial charge is 0.220 e. The third-order valence-corrected chi connectivity index (χ3v) is 3.16. The van der Waals surface area contributed by atoms with Crippen LogP contribution in [0.3, 0.4) is 0 Å². The summed E-state index contributed by atoms with van der Waals surface area (Å²) in [6.07, 6.45) is 1.42. The number of aromatic nitrogens is 2. The second kappa shape index (κ2) is 5.87. The summed E-state index contributed by atoms with van der Waals surface area (Å²) in [4.78, 5) is 19.7. The predicted molar refractivity (Wildman–Crippen MR) is 76.7 cm³/mol. The van der Waals surface area contributed by atoms with Crippen LogP contribution in [0, 0.1) is 5.92 Å². The van der Waals surface area contributed by atoms with Crippen LogP contribution in [0.5, 0.6) is 0 Å². The standard InChI is InChI=1S/C15H21N3O/c1-4-7-13(19)18-14(10(2)3)15-16-11-8-5-6-9-12(11)17-15/h5-6,8-10,14H,4,7H2,1-3H3,(H,16,17)(H,18,19). The number of carbonyl (C=O) groups is 1. The molecule has 0 radical (unpaired) electrons. The lowest BCUT2D eigenvalue weighted by atomic mass is 10.0. The van der Waals surface area contributed by atoms with Gasteiger partial charge in [-0.25, -0.2) is 4.98 Å². The van der Waals surface area contributed by atoms with E-state index in [1.165, 1.54) is 0 Å². The largest absolute Gasteiger partial charge is 0.346 e. The van der Waals surface area contributed by atoms with Crippen LogP contribution in [0.25, 0.3) is 11.0 Å². The first-order chi connectivity index (χ1) is 9.11. The molecule has 1 atom stereocenters. The van der Waals surface area contributed by atoms with Crippen molar-refractivity contribution in [3.05, 3.63) is 30.1 Å². The van der Waals surface area contributed by atoms with E-state index in [2.05, 4.69) is 29.1 Å². The summed E-state index contributed by atoms with van der Waals surface area (Å²) in [5.41, 5.74) is 1.95. The molecule has 2 N–H and O–H groups in total. The van der Waals surface area contributed by atoms with Crippen molar-refractivity contribution >= 4 is 16.9 Å². The van der Waals surface area contributed by atoms with E-state index in [9.17, 15) is 4.79 Å². The Morgan fingerprint density at radius 1 is 1.37 bits per heavy atom. The first-order valence-electron chi connectivity index (χ1n) is 6.85. The molecule has 1 aromatic heterocycles. The summed E-state index contributed by atoms with van der Waals surface area (Å²) in [5.74, 6) is 1.21. The average Bonchev–Trinajstić information content (AvgIpc) is 2.79. The van der Waals surface area contributed by atoms with Crippen molar-refractivity contribution in [2.75, 3.05) is 0 Å². The van der Waals surface area contributed by atoms with Crippen molar-refractivity contribution in [1.29, 1.82) is 0 Å². The van der Waals surface area contributed by atoms with Crippen LogP contribution in [-0.4, -0.2) is 15.9 Å². The van der Waals surface area contributed by atoms with E-state index in [-0.39, 0.29) is 11.9 Å². The molecule has 1 unspecified atom stereocenters. The number of benzene rings is 1. The highest BCUT2D eigenvalue weighted by molar-refractivity contribution is 5.77. The number of H-pyrrole nitrogens is 1. The molecule has 2 rings (SSSR count). The summed E-state index contributed by atoms with van der Waals surface area (Å²) in [7, 11) is 0. The minimum absolute atomic E-state index is 0.0635. The molecule has 1 amide bonds. The molecule has 4 nitrogen and oxygen atoms in total. The lowest BCUT2D eigenvalue weighted by molar-refractivity contribution is -0.122. The molecule has 0 aliphatic heterocycles. The highest BCUT2D eigenvalue weighted by Crippen LogP contribution is 2.22. The molecule has 1 aromatic carbocycles. The zero-order valence-corrected chi connectivity index (χ0v) is 11.7. The first-order valence-corrected chi connectivity index (χ1v) is 6.85. The number of hydrogen-bond donors (Lipinski definition) is 2. The molecule has 0 aliphatic rings. The topological polar surface area (TPSA) is 57.8 Å².